The van der Waals surface area contributed by atoms with Crippen LogP contribution < -0.4 is 0 Å². The predicted octanol–water partition coefficient (Wildman–Crippen LogP) is 10.2. The fraction of sp³-hybridized carbons (Fsp3) is 0.816. The second-order valence-corrected chi connectivity index (χ2v) is 12.9. The van der Waals surface area contributed by atoms with Gasteiger partial charge in [0.05, 0.1) is 0 Å². The third-order valence-corrected chi connectivity index (χ3v) is 7.84. The lowest BCUT2D eigenvalue weighted by atomic mass is 10.0. The second-order valence-electron chi connectivity index (χ2n) is 12.9. The Morgan fingerprint density at radius 2 is 1.05 bits per heavy atom. The van der Waals surface area contributed by atoms with Crippen LogP contribution in [0.2, 0.25) is 0 Å². The van der Waals surface area contributed by atoms with E-state index in [2.05, 4.69) is 26.8 Å². The van der Waals surface area contributed by atoms with Crippen LogP contribution in [0.15, 0.2) is 24.3 Å². The van der Waals surface area contributed by atoms with Gasteiger partial charge in [0.2, 0.25) is 0 Å². The molecule has 0 spiro atoms. The molecule has 6 heteroatoms. The van der Waals surface area contributed by atoms with Crippen molar-refractivity contribution in [1.29, 1.82) is 0 Å². The molecule has 0 unspecified atom stereocenters. The van der Waals surface area contributed by atoms with Crippen molar-refractivity contribution < 1.29 is 29.0 Å². The fourth-order valence-electron chi connectivity index (χ4n) is 5.02. The van der Waals surface area contributed by atoms with Gasteiger partial charge in [0.1, 0.15) is 19.3 Å². The topological polar surface area (TPSA) is 89.9 Å². The van der Waals surface area contributed by atoms with Crippen LogP contribution in [0, 0.1) is 5.92 Å². The van der Waals surface area contributed by atoms with E-state index in [0.29, 0.717) is 19.3 Å². The first-order chi connectivity index (χ1) is 21.3. The summed E-state index contributed by atoms with van der Waals surface area (Å²) in [7, 11) is 0. The molecule has 0 fully saturated rings. The number of esters is 2. The number of carbonyl (C=O) groups excluding carboxylic acids is 3. The Hall–Kier alpha value is -1.95. The molecule has 44 heavy (non-hydrogen) atoms. The first-order valence-electron chi connectivity index (χ1n) is 18.2. The normalized spacial score (nSPS) is 12.4. The number of aliphatic hydroxyl groups is 1. The molecule has 1 atom stereocenters. The van der Waals surface area contributed by atoms with Gasteiger partial charge in [-0.3, -0.25) is 14.4 Å². The Morgan fingerprint density at radius 3 is 1.55 bits per heavy atom. The number of aliphatic hydroxyl groups excluding tert-OH is 1. The number of hydrogen-bond donors (Lipinski definition) is 1. The third-order valence-electron chi connectivity index (χ3n) is 7.84. The van der Waals surface area contributed by atoms with E-state index < -0.39 is 6.10 Å². The highest BCUT2D eigenvalue weighted by Gasteiger charge is 2.12. The second kappa shape index (κ2) is 32.4. The molecule has 256 valence electrons. The Balaban J connectivity index is 3.51. The molecule has 6 nitrogen and oxygen atoms in total. The van der Waals surface area contributed by atoms with Gasteiger partial charge in [-0.25, -0.2) is 0 Å². The largest absolute Gasteiger partial charge is 0.463 e. The summed E-state index contributed by atoms with van der Waals surface area (Å²) >= 11 is 0. The van der Waals surface area contributed by atoms with Crippen LogP contribution in [0.4, 0.5) is 0 Å². The standard InChI is InChI=1S/C38H68O6/c1-4-5-22-28-35(39)29-24-19-15-11-9-13-17-21-26-31-38(42)44-33-36(40)32-43-37(41)30-25-20-16-12-8-6-7-10-14-18-23-27-34(2)3/h15,19,24,29,34,36,40H,4-14,16-18,20-23,25-28,30-33H2,1-3H3/b19-15-,29-24+/t36-/m0/s1. The lowest BCUT2D eigenvalue weighted by molar-refractivity contribution is -0.152. The molecule has 0 saturated heterocycles. The number of hydrogen-bond acceptors (Lipinski definition) is 6. The molecule has 0 aromatic carbocycles. The molecule has 0 aliphatic carbocycles. The van der Waals surface area contributed by atoms with Crippen molar-refractivity contribution in [2.75, 3.05) is 13.2 Å². The quantitative estimate of drug-likeness (QED) is 0.0348. The Kier molecular flexibility index (Phi) is 31.0. The fourth-order valence-corrected chi connectivity index (χ4v) is 5.02. The van der Waals surface area contributed by atoms with Crippen molar-refractivity contribution in [3.63, 3.8) is 0 Å². The minimum atomic E-state index is -0.986. The number of unbranched alkanes of at least 4 members (excludes halogenated alkanes) is 17. The van der Waals surface area contributed by atoms with Gasteiger partial charge in [0.25, 0.3) is 0 Å². The van der Waals surface area contributed by atoms with Crippen molar-refractivity contribution >= 4 is 17.7 Å². The summed E-state index contributed by atoms with van der Waals surface area (Å²) in [6.45, 7) is 6.45. The van der Waals surface area contributed by atoms with Crippen LogP contribution in [-0.2, 0) is 23.9 Å². The third kappa shape index (κ3) is 33.0. The molecule has 0 amide bonds. The van der Waals surface area contributed by atoms with Gasteiger partial charge in [0.15, 0.2) is 5.78 Å². The molecule has 1 N–H and O–H groups in total. The molecule has 0 aromatic heterocycles. The number of rotatable bonds is 32. The zero-order valence-electron chi connectivity index (χ0n) is 28.8. The summed E-state index contributed by atoms with van der Waals surface area (Å²) in [6.07, 6.45) is 32.1. The number of carbonyl (C=O) groups is 3. The monoisotopic (exact) mass is 621 g/mol. The highest BCUT2D eigenvalue weighted by Crippen LogP contribution is 2.14. The molecule has 0 rings (SSSR count). The smallest absolute Gasteiger partial charge is 0.305 e. The lowest BCUT2D eigenvalue weighted by Crippen LogP contribution is -2.25. The Bertz CT molecular complexity index is 742. The summed E-state index contributed by atoms with van der Waals surface area (Å²) in [6, 6.07) is 0. The average Bonchev–Trinajstić information content (AvgIpc) is 3.00. The first-order valence-corrected chi connectivity index (χ1v) is 18.2. The van der Waals surface area contributed by atoms with Crippen LogP contribution in [0.3, 0.4) is 0 Å². The number of ketones is 1. The van der Waals surface area contributed by atoms with Crippen LogP contribution >= 0.6 is 0 Å². The van der Waals surface area contributed by atoms with Gasteiger partial charge in [0, 0.05) is 19.3 Å². The molecule has 0 radical (unpaired) electrons. The zero-order valence-corrected chi connectivity index (χ0v) is 28.8. The van der Waals surface area contributed by atoms with Gasteiger partial charge in [-0.2, -0.15) is 0 Å². The van der Waals surface area contributed by atoms with E-state index in [1.807, 2.05) is 12.2 Å². The van der Waals surface area contributed by atoms with Crippen LogP contribution in [-0.4, -0.2) is 42.1 Å². The summed E-state index contributed by atoms with van der Waals surface area (Å²) in [5.74, 6) is 0.406. The summed E-state index contributed by atoms with van der Waals surface area (Å²) < 4.78 is 10.3. The van der Waals surface area contributed by atoms with Crippen LogP contribution in [0.25, 0.3) is 0 Å². The lowest BCUT2D eigenvalue weighted by Gasteiger charge is -2.12. The minimum absolute atomic E-state index is 0.136. The van der Waals surface area contributed by atoms with Gasteiger partial charge < -0.3 is 14.6 Å². The summed E-state index contributed by atoms with van der Waals surface area (Å²) in [4.78, 5) is 35.5. The number of ether oxygens (including phenoxy) is 2. The molecular formula is C38H68O6. The highest BCUT2D eigenvalue weighted by molar-refractivity contribution is 5.89. The van der Waals surface area contributed by atoms with E-state index in [-0.39, 0.29) is 30.9 Å². The maximum Gasteiger partial charge on any atom is 0.305 e. The molecule has 0 aliphatic rings. The van der Waals surface area contributed by atoms with Crippen molar-refractivity contribution in [3.8, 4) is 0 Å². The van der Waals surface area contributed by atoms with Crippen molar-refractivity contribution in [2.45, 2.75) is 181 Å². The van der Waals surface area contributed by atoms with E-state index >= 15 is 0 Å². The van der Waals surface area contributed by atoms with E-state index in [1.54, 1.807) is 6.08 Å². The van der Waals surface area contributed by atoms with E-state index in [4.69, 9.17) is 9.47 Å². The van der Waals surface area contributed by atoms with Gasteiger partial charge >= 0.3 is 11.9 Å². The molecular weight excluding hydrogens is 552 g/mol. The molecule has 0 heterocycles. The Morgan fingerprint density at radius 1 is 0.591 bits per heavy atom. The van der Waals surface area contributed by atoms with Crippen LogP contribution in [0.5, 0.6) is 0 Å². The maximum atomic E-state index is 11.9. The summed E-state index contributed by atoms with van der Waals surface area (Å²) in [5, 5.41) is 9.98. The van der Waals surface area contributed by atoms with E-state index in [1.165, 1.54) is 57.8 Å². The van der Waals surface area contributed by atoms with Gasteiger partial charge in [-0.1, -0.05) is 142 Å². The minimum Gasteiger partial charge on any atom is -0.463 e. The van der Waals surface area contributed by atoms with Crippen molar-refractivity contribution in [3.05, 3.63) is 24.3 Å². The molecule has 0 bridgehead atoms. The van der Waals surface area contributed by atoms with Crippen molar-refractivity contribution in [2.24, 2.45) is 5.92 Å². The van der Waals surface area contributed by atoms with Crippen molar-refractivity contribution in [1.82, 2.24) is 0 Å². The molecule has 0 aliphatic heterocycles. The summed E-state index contributed by atoms with van der Waals surface area (Å²) in [5.41, 5.74) is 0. The average molecular weight is 621 g/mol. The zero-order chi connectivity index (χ0) is 32.5. The SMILES string of the molecule is CCCCCC(=O)/C=C/C=C\CCCCCCCC(=O)OC[C@@H](O)COC(=O)CCCCCCCCCCCCCC(C)C. The van der Waals surface area contributed by atoms with E-state index in [0.717, 1.165) is 83.0 Å². The Labute approximate surface area is 270 Å². The predicted molar refractivity (Wildman–Crippen MR) is 183 cm³/mol. The molecule has 0 aromatic rings. The highest BCUT2D eigenvalue weighted by atomic mass is 16.6. The van der Waals surface area contributed by atoms with Crippen LogP contribution in [0.1, 0.15) is 175 Å². The van der Waals surface area contributed by atoms with Gasteiger partial charge in [-0.05, 0) is 44.1 Å². The maximum absolute atomic E-state index is 11.9. The number of allylic oxidation sites excluding steroid dienone is 4. The molecule has 0 saturated carbocycles. The van der Waals surface area contributed by atoms with Gasteiger partial charge in [-0.15, -0.1) is 0 Å². The van der Waals surface area contributed by atoms with E-state index in [9.17, 15) is 19.5 Å². The first kappa shape index (κ1) is 42.0.